The lowest BCUT2D eigenvalue weighted by atomic mass is 9.80. The van der Waals surface area contributed by atoms with E-state index in [4.69, 9.17) is 16.3 Å². The minimum Gasteiger partial charge on any atom is -0.376 e. The molecule has 2 heterocycles. The molecule has 1 aliphatic rings. The van der Waals surface area contributed by atoms with Crippen LogP contribution in [0.3, 0.4) is 0 Å². The summed E-state index contributed by atoms with van der Waals surface area (Å²) in [7, 11) is 1.80. The van der Waals surface area contributed by atoms with Crippen molar-refractivity contribution in [2.24, 2.45) is 0 Å². The van der Waals surface area contributed by atoms with Crippen molar-refractivity contribution in [2.45, 2.75) is 44.8 Å². The fourth-order valence-electron chi connectivity index (χ4n) is 2.87. The summed E-state index contributed by atoms with van der Waals surface area (Å²) in [6.45, 7) is 2.83. The van der Waals surface area contributed by atoms with Crippen molar-refractivity contribution >= 4 is 22.8 Å². The van der Waals surface area contributed by atoms with Crippen molar-refractivity contribution in [3.8, 4) is 0 Å². The number of hydrogen-bond acceptors (Lipinski definition) is 3. The Morgan fingerprint density at radius 1 is 1.35 bits per heavy atom. The van der Waals surface area contributed by atoms with Crippen LogP contribution in [0.5, 0.6) is 0 Å². The van der Waals surface area contributed by atoms with Gasteiger partial charge in [-0.15, -0.1) is 11.6 Å². The number of aryl methyl sites for hydroxylation is 2. The molecule has 0 atom stereocenters. The molecule has 5 heteroatoms. The van der Waals surface area contributed by atoms with E-state index in [0.29, 0.717) is 5.88 Å². The molecule has 0 aromatic carbocycles. The van der Waals surface area contributed by atoms with E-state index in [1.165, 1.54) is 6.42 Å². The lowest BCUT2D eigenvalue weighted by Gasteiger charge is -2.41. The van der Waals surface area contributed by atoms with Crippen LogP contribution in [0.4, 0.5) is 0 Å². The van der Waals surface area contributed by atoms with Crippen LogP contribution in [-0.4, -0.2) is 33.1 Å². The lowest BCUT2D eigenvalue weighted by molar-refractivity contribution is -0.0833. The van der Waals surface area contributed by atoms with E-state index in [1.807, 2.05) is 19.1 Å². The molecule has 1 saturated carbocycles. The van der Waals surface area contributed by atoms with Gasteiger partial charge in [0.1, 0.15) is 11.3 Å². The van der Waals surface area contributed by atoms with Gasteiger partial charge in [-0.1, -0.05) is 0 Å². The molecule has 20 heavy (non-hydrogen) atoms. The molecule has 0 unspecified atom stereocenters. The number of halogens is 1. The van der Waals surface area contributed by atoms with Gasteiger partial charge in [0.25, 0.3) is 0 Å². The van der Waals surface area contributed by atoms with Gasteiger partial charge in [-0.05, 0) is 38.3 Å². The Morgan fingerprint density at radius 2 is 2.15 bits per heavy atom. The number of fused-ring (bicyclic) bond motifs is 1. The van der Waals surface area contributed by atoms with Gasteiger partial charge < -0.3 is 9.30 Å². The number of methoxy groups -OCH3 is 1. The Balaban J connectivity index is 2.05. The number of aromatic nitrogens is 3. The van der Waals surface area contributed by atoms with Crippen LogP contribution in [0.25, 0.3) is 11.2 Å². The fourth-order valence-corrected chi connectivity index (χ4v) is 3.04. The van der Waals surface area contributed by atoms with Gasteiger partial charge in [0.05, 0.1) is 12.1 Å². The highest BCUT2D eigenvalue weighted by atomic mass is 35.5. The lowest BCUT2D eigenvalue weighted by Crippen LogP contribution is -2.43. The van der Waals surface area contributed by atoms with E-state index in [0.717, 1.165) is 48.5 Å². The fraction of sp³-hybridized carbons (Fsp3) is 0.600. The van der Waals surface area contributed by atoms with Crippen LogP contribution in [-0.2, 0) is 17.7 Å². The monoisotopic (exact) mass is 293 g/mol. The SMILES string of the molecule is COC1(Cn2c(CCCl)nc3ccc(C)nc32)CCC1. The summed E-state index contributed by atoms with van der Waals surface area (Å²) in [5.74, 6) is 1.58. The molecule has 0 N–H and O–H groups in total. The zero-order chi connectivity index (χ0) is 14.2. The Bertz CT molecular complexity index is 613. The minimum atomic E-state index is -0.0415. The number of imidazole rings is 1. The summed E-state index contributed by atoms with van der Waals surface area (Å²) in [5, 5.41) is 0. The van der Waals surface area contributed by atoms with Crippen molar-refractivity contribution < 1.29 is 4.74 Å². The Hall–Kier alpha value is -1.13. The van der Waals surface area contributed by atoms with Gasteiger partial charge in [-0.2, -0.15) is 0 Å². The third kappa shape index (κ3) is 2.31. The van der Waals surface area contributed by atoms with Crippen LogP contribution in [0, 0.1) is 6.92 Å². The highest BCUT2D eigenvalue weighted by Crippen LogP contribution is 2.37. The molecule has 2 aromatic heterocycles. The van der Waals surface area contributed by atoms with E-state index >= 15 is 0 Å². The summed E-state index contributed by atoms with van der Waals surface area (Å²) in [6, 6.07) is 4.03. The highest BCUT2D eigenvalue weighted by molar-refractivity contribution is 6.17. The van der Waals surface area contributed by atoms with Gasteiger partial charge in [-0.3, -0.25) is 0 Å². The van der Waals surface area contributed by atoms with Gasteiger partial charge in [0.2, 0.25) is 0 Å². The molecule has 0 aliphatic heterocycles. The average molecular weight is 294 g/mol. The zero-order valence-corrected chi connectivity index (χ0v) is 12.8. The van der Waals surface area contributed by atoms with Crippen molar-refractivity contribution in [1.29, 1.82) is 0 Å². The van der Waals surface area contributed by atoms with Crippen LogP contribution < -0.4 is 0 Å². The molecule has 2 aromatic rings. The molecular weight excluding hydrogens is 274 g/mol. The summed E-state index contributed by atoms with van der Waals surface area (Å²) in [6.07, 6.45) is 4.21. The maximum Gasteiger partial charge on any atom is 0.160 e. The topological polar surface area (TPSA) is 39.9 Å². The van der Waals surface area contributed by atoms with Gasteiger partial charge >= 0.3 is 0 Å². The average Bonchev–Trinajstić information content (AvgIpc) is 2.72. The molecule has 1 fully saturated rings. The van der Waals surface area contributed by atoms with E-state index in [-0.39, 0.29) is 5.60 Å². The minimum absolute atomic E-state index is 0.0415. The Labute approximate surface area is 124 Å². The molecule has 0 saturated heterocycles. The first kappa shape index (κ1) is 13.8. The number of hydrogen-bond donors (Lipinski definition) is 0. The van der Waals surface area contributed by atoms with E-state index in [1.54, 1.807) is 7.11 Å². The standard InChI is InChI=1S/C15H20ClN3O/c1-11-4-5-12-14(17-11)19(13(18-12)6-9-16)10-15(20-2)7-3-8-15/h4-5H,3,6-10H2,1-2H3. The molecule has 0 amide bonds. The number of nitrogens with zero attached hydrogens (tertiary/aromatic N) is 3. The maximum absolute atomic E-state index is 5.91. The third-order valence-corrected chi connectivity index (χ3v) is 4.46. The second-order valence-electron chi connectivity index (χ2n) is 5.59. The largest absolute Gasteiger partial charge is 0.376 e. The normalized spacial score (nSPS) is 17.4. The number of pyridine rings is 1. The first-order valence-corrected chi connectivity index (χ1v) is 7.65. The van der Waals surface area contributed by atoms with Gasteiger partial charge in [-0.25, -0.2) is 9.97 Å². The van der Waals surface area contributed by atoms with E-state index in [9.17, 15) is 0 Å². The maximum atomic E-state index is 5.91. The van der Waals surface area contributed by atoms with Gasteiger partial charge in [0.15, 0.2) is 5.65 Å². The number of rotatable bonds is 5. The third-order valence-electron chi connectivity index (χ3n) is 4.27. The van der Waals surface area contributed by atoms with Crippen LogP contribution >= 0.6 is 11.6 Å². The summed E-state index contributed by atoms with van der Waals surface area (Å²) < 4.78 is 7.95. The number of ether oxygens (including phenoxy) is 1. The second kappa shape index (κ2) is 5.34. The van der Waals surface area contributed by atoms with Crippen LogP contribution in [0.2, 0.25) is 0 Å². The van der Waals surface area contributed by atoms with Gasteiger partial charge in [0, 0.05) is 25.1 Å². The summed E-state index contributed by atoms with van der Waals surface area (Å²) in [5.41, 5.74) is 2.87. The first-order valence-electron chi connectivity index (χ1n) is 7.11. The molecule has 3 rings (SSSR count). The van der Waals surface area contributed by atoms with Crippen molar-refractivity contribution in [3.05, 3.63) is 23.7 Å². The summed E-state index contributed by atoms with van der Waals surface area (Å²) >= 11 is 5.91. The molecule has 0 spiro atoms. The highest BCUT2D eigenvalue weighted by Gasteiger charge is 2.38. The first-order chi connectivity index (χ1) is 9.67. The Morgan fingerprint density at radius 3 is 2.75 bits per heavy atom. The molecule has 108 valence electrons. The zero-order valence-electron chi connectivity index (χ0n) is 12.0. The second-order valence-corrected chi connectivity index (χ2v) is 5.97. The quantitative estimate of drug-likeness (QED) is 0.795. The Kier molecular flexibility index (Phi) is 3.69. The number of alkyl halides is 1. The van der Waals surface area contributed by atoms with E-state index in [2.05, 4.69) is 14.5 Å². The molecule has 0 radical (unpaired) electrons. The van der Waals surface area contributed by atoms with Crippen LogP contribution in [0.1, 0.15) is 30.8 Å². The van der Waals surface area contributed by atoms with E-state index < -0.39 is 0 Å². The summed E-state index contributed by atoms with van der Waals surface area (Å²) in [4.78, 5) is 9.34. The predicted molar refractivity (Wildman–Crippen MR) is 80.3 cm³/mol. The predicted octanol–water partition coefficient (Wildman–Crippen LogP) is 3.09. The molecule has 4 nitrogen and oxygen atoms in total. The van der Waals surface area contributed by atoms with Crippen molar-refractivity contribution in [3.63, 3.8) is 0 Å². The molecule has 1 aliphatic carbocycles. The smallest absolute Gasteiger partial charge is 0.160 e. The van der Waals surface area contributed by atoms with Crippen molar-refractivity contribution in [1.82, 2.24) is 14.5 Å². The van der Waals surface area contributed by atoms with Crippen LogP contribution in [0.15, 0.2) is 12.1 Å². The molecular formula is C15H20ClN3O. The molecule has 0 bridgehead atoms. The van der Waals surface area contributed by atoms with Crippen molar-refractivity contribution in [2.75, 3.05) is 13.0 Å².